The molecule has 0 radical (unpaired) electrons. The highest BCUT2D eigenvalue weighted by molar-refractivity contribution is 8.01. The molecule has 1 amide bonds. The highest BCUT2D eigenvalue weighted by atomic mass is 32.2. The standard InChI is InChI=1S/C20H14FN3O2S3/c21-13-7-5-12(6-8-13)16(25)11-28-20-22-14(10-27-20)9-18(26)24-19-23-15-3-1-2-4-17(15)29-19/h1-8,10H,9,11H2,(H,23,24,26). The van der Waals surface area contributed by atoms with Gasteiger partial charge in [0.05, 0.1) is 28.1 Å². The second-order valence-corrected chi connectivity index (χ2v) is 9.15. The van der Waals surface area contributed by atoms with E-state index in [9.17, 15) is 14.0 Å². The van der Waals surface area contributed by atoms with Crippen LogP contribution in [-0.2, 0) is 11.2 Å². The van der Waals surface area contributed by atoms with E-state index in [1.807, 2.05) is 29.6 Å². The Bertz CT molecular complexity index is 1140. The highest BCUT2D eigenvalue weighted by Crippen LogP contribution is 2.26. The van der Waals surface area contributed by atoms with E-state index in [1.54, 1.807) is 0 Å². The molecule has 2 aromatic heterocycles. The van der Waals surface area contributed by atoms with Crippen LogP contribution in [0.3, 0.4) is 0 Å². The molecule has 4 aromatic rings. The highest BCUT2D eigenvalue weighted by Gasteiger charge is 2.13. The number of rotatable bonds is 7. The number of hydrogen-bond donors (Lipinski definition) is 1. The van der Waals surface area contributed by atoms with Crippen LogP contribution in [0.2, 0.25) is 0 Å². The van der Waals surface area contributed by atoms with Crippen molar-refractivity contribution in [3.63, 3.8) is 0 Å². The van der Waals surface area contributed by atoms with Crippen LogP contribution < -0.4 is 5.32 Å². The molecule has 2 aromatic carbocycles. The molecule has 2 heterocycles. The molecular weight excluding hydrogens is 429 g/mol. The predicted octanol–water partition coefficient (Wildman–Crippen LogP) is 5.05. The molecule has 0 saturated heterocycles. The van der Waals surface area contributed by atoms with Crippen LogP contribution >= 0.6 is 34.4 Å². The van der Waals surface area contributed by atoms with E-state index in [4.69, 9.17) is 0 Å². The van der Waals surface area contributed by atoms with Crippen molar-refractivity contribution in [2.75, 3.05) is 11.1 Å². The number of nitrogens with zero attached hydrogens (tertiary/aromatic N) is 2. The summed E-state index contributed by atoms with van der Waals surface area (Å²) in [5.74, 6) is -0.451. The van der Waals surface area contributed by atoms with Gasteiger partial charge in [-0.2, -0.15) is 0 Å². The minimum absolute atomic E-state index is 0.0969. The second-order valence-electron chi connectivity index (χ2n) is 6.04. The number of Topliss-reactive ketones (excluding diaryl/α,β-unsaturated/α-hetero) is 1. The number of carbonyl (C=O) groups is 2. The molecule has 0 unspecified atom stereocenters. The lowest BCUT2D eigenvalue weighted by Gasteiger charge is -2.00. The number of aromatic nitrogens is 2. The van der Waals surface area contributed by atoms with Crippen LogP contribution in [0.4, 0.5) is 9.52 Å². The Kier molecular flexibility index (Phi) is 5.98. The molecule has 146 valence electrons. The van der Waals surface area contributed by atoms with Crippen molar-refractivity contribution in [2.24, 2.45) is 0 Å². The Morgan fingerprint density at radius 2 is 1.86 bits per heavy atom. The summed E-state index contributed by atoms with van der Waals surface area (Å²) >= 11 is 4.12. The number of hydrogen-bond acceptors (Lipinski definition) is 7. The number of carbonyl (C=O) groups excluding carboxylic acids is 2. The van der Waals surface area contributed by atoms with Crippen LogP contribution in [0.25, 0.3) is 10.2 Å². The van der Waals surface area contributed by atoms with E-state index in [2.05, 4.69) is 15.3 Å². The smallest absolute Gasteiger partial charge is 0.232 e. The molecule has 0 atom stereocenters. The van der Waals surface area contributed by atoms with Gasteiger partial charge in [-0.15, -0.1) is 11.3 Å². The van der Waals surface area contributed by atoms with Gasteiger partial charge in [0.2, 0.25) is 5.91 Å². The normalized spacial score (nSPS) is 10.9. The first-order chi connectivity index (χ1) is 14.1. The number of ketones is 1. The average Bonchev–Trinajstić information content (AvgIpc) is 3.32. The van der Waals surface area contributed by atoms with E-state index >= 15 is 0 Å². The third-order valence-corrected chi connectivity index (χ3v) is 6.93. The average molecular weight is 444 g/mol. The molecule has 0 bridgehead atoms. The quantitative estimate of drug-likeness (QED) is 0.320. The molecule has 0 spiro atoms. The number of nitrogens with one attached hydrogen (secondary N) is 1. The summed E-state index contributed by atoms with van der Waals surface area (Å²) in [6.45, 7) is 0. The number of thioether (sulfide) groups is 1. The number of thiazole rings is 2. The first kappa shape index (κ1) is 19.7. The number of halogens is 1. The first-order valence-corrected chi connectivity index (χ1v) is 11.3. The predicted molar refractivity (Wildman–Crippen MR) is 116 cm³/mol. The number of para-hydroxylation sites is 1. The van der Waals surface area contributed by atoms with Gasteiger partial charge in [-0.05, 0) is 36.4 Å². The number of benzene rings is 2. The number of amides is 1. The van der Waals surface area contributed by atoms with E-state index in [1.165, 1.54) is 58.7 Å². The van der Waals surface area contributed by atoms with Gasteiger partial charge in [0.15, 0.2) is 15.3 Å². The Morgan fingerprint density at radius 1 is 1.07 bits per heavy atom. The van der Waals surface area contributed by atoms with Gasteiger partial charge in [0.1, 0.15) is 5.82 Å². The van der Waals surface area contributed by atoms with E-state index in [0.29, 0.717) is 20.7 Å². The summed E-state index contributed by atoms with van der Waals surface area (Å²) in [7, 11) is 0. The van der Waals surface area contributed by atoms with Crippen LogP contribution in [0, 0.1) is 5.82 Å². The first-order valence-electron chi connectivity index (χ1n) is 8.58. The van der Waals surface area contributed by atoms with Crippen LogP contribution in [-0.4, -0.2) is 27.4 Å². The Labute approximate surface area is 178 Å². The molecule has 29 heavy (non-hydrogen) atoms. The second kappa shape index (κ2) is 8.81. The molecule has 0 saturated carbocycles. The minimum atomic E-state index is -0.372. The molecule has 0 aliphatic rings. The zero-order chi connectivity index (χ0) is 20.2. The van der Waals surface area contributed by atoms with Crippen LogP contribution in [0.5, 0.6) is 0 Å². The van der Waals surface area contributed by atoms with Gasteiger partial charge in [0, 0.05) is 10.9 Å². The van der Waals surface area contributed by atoms with E-state index < -0.39 is 0 Å². The van der Waals surface area contributed by atoms with E-state index in [0.717, 1.165) is 10.2 Å². The zero-order valence-electron chi connectivity index (χ0n) is 14.9. The van der Waals surface area contributed by atoms with Crippen molar-refractivity contribution in [1.82, 2.24) is 9.97 Å². The lowest BCUT2D eigenvalue weighted by atomic mass is 10.1. The van der Waals surface area contributed by atoms with E-state index in [-0.39, 0.29) is 29.7 Å². The molecule has 9 heteroatoms. The number of fused-ring (bicyclic) bond motifs is 1. The van der Waals surface area contributed by atoms with Crippen molar-refractivity contribution in [3.8, 4) is 0 Å². The molecule has 0 aliphatic carbocycles. The molecule has 5 nitrogen and oxygen atoms in total. The van der Waals surface area contributed by atoms with Crippen molar-refractivity contribution in [3.05, 3.63) is 71.0 Å². The van der Waals surface area contributed by atoms with Gasteiger partial charge >= 0.3 is 0 Å². The zero-order valence-corrected chi connectivity index (χ0v) is 17.4. The monoisotopic (exact) mass is 443 g/mol. The fraction of sp³-hybridized carbons (Fsp3) is 0.100. The van der Waals surface area contributed by atoms with Gasteiger partial charge < -0.3 is 5.32 Å². The fourth-order valence-corrected chi connectivity index (χ4v) is 5.16. The van der Waals surface area contributed by atoms with Gasteiger partial charge in [-0.1, -0.05) is 35.2 Å². The third-order valence-electron chi connectivity index (χ3n) is 3.91. The number of anilines is 1. The lowest BCUT2D eigenvalue weighted by molar-refractivity contribution is -0.115. The SMILES string of the molecule is O=C(Cc1csc(SCC(=O)c2ccc(F)cc2)n1)Nc1nc2ccccc2s1. The van der Waals surface area contributed by atoms with Gasteiger partial charge in [-0.3, -0.25) is 9.59 Å². The largest absolute Gasteiger partial charge is 0.302 e. The lowest BCUT2D eigenvalue weighted by Crippen LogP contribution is -2.14. The minimum Gasteiger partial charge on any atom is -0.302 e. The summed E-state index contributed by atoms with van der Waals surface area (Å²) in [6.07, 6.45) is 0.138. The topological polar surface area (TPSA) is 72.0 Å². The summed E-state index contributed by atoms with van der Waals surface area (Å²) in [5.41, 5.74) is 1.96. The summed E-state index contributed by atoms with van der Waals surface area (Å²) in [5, 5.41) is 5.18. The van der Waals surface area contributed by atoms with Crippen molar-refractivity contribution in [1.29, 1.82) is 0 Å². The fourth-order valence-electron chi connectivity index (χ4n) is 2.54. The third kappa shape index (κ3) is 5.06. The van der Waals surface area contributed by atoms with Crippen molar-refractivity contribution >= 4 is 61.5 Å². The molecule has 0 aliphatic heterocycles. The van der Waals surface area contributed by atoms with Crippen LogP contribution in [0.15, 0.2) is 58.3 Å². The molecule has 0 fully saturated rings. The molecule has 1 N–H and O–H groups in total. The Morgan fingerprint density at radius 3 is 2.66 bits per heavy atom. The Hall–Kier alpha value is -2.62. The Balaban J connectivity index is 1.30. The summed E-state index contributed by atoms with van der Waals surface area (Å²) in [6, 6.07) is 13.2. The van der Waals surface area contributed by atoms with Gasteiger partial charge in [-0.25, -0.2) is 14.4 Å². The summed E-state index contributed by atoms with van der Waals surface area (Å²) < 4.78 is 14.7. The van der Waals surface area contributed by atoms with Crippen molar-refractivity contribution in [2.45, 2.75) is 10.8 Å². The molecule has 4 rings (SSSR count). The maximum atomic E-state index is 12.9. The molecular formula is C20H14FN3O2S3. The van der Waals surface area contributed by atoms with Crippen LogP contribution in [0.1, 0.15) is 16.1 Å². The van der Waals surface area contributed by atoms with Crippen molar-refractivity contribution < 1.29 is 14.0 Å². The maximum absolute atomic E-state index is 12.9. The summed E-state index contributed by atoms with van der Waals surface area (Å²) in [4.78, 5) is 33.2. The van der Waals surface area contributed by atoms with Gasteiger partial charge in [0.25, 0.3) is 0 Å². The maximum Gasteiger partial charge on any atom is 0.232 e.